The van der Waals surface area contributed by atoms with Crippen molar-refractivity contribution in [2.24, 2.45) is 0 Å². The van der Waals surface area contributed by atoms with Crippen LogP contribution in [-0.4, -0.2) is 43.3 Å². The van der Waals surface area contributed by atoms with E-state index in [2.05, 4.69) is 26.1 Å². The molecule has 0 fully saturated rings. The molecule has 2 N–H and O–H groups in total. The van der Waals surface area contributed by atoms with Crippen LogP contribution in [0.2, 0.25) is 0 Å². The van der Waals surface area contributed by atoms with Gasteiger partial charge in [-0.3, -0.25) is 0 Å². The first-order valence-corrected chi connectivity index (χ1v) is 5.08. The Morgan fingerprint density at radius 1 is 1.36 bits per heavy atom. The summed E-state index contributed by atoms with van der Waals surface area (Å²) in [5.41, 5.74) is 0.113. The van der Waals surface area contributed by atoms with Crippen molar-refractivity contribution in [1.29, 1.82) is 0 Å². The largest absolute Gasteiger partial charge is 0.375 e. The molecule has 0 aliphatic rings. The SMILES string of the molecule is CCOC(O)COCCNC(C)(C)C. The van der Waals surface area contributed by atoms with Gasteiger partial charge in [0.05, 0.1) is 13.2 Å². The number of hydrogen-bond donors (Lipinski definition) is 2. The molecule has 0 saturated carbocycles. The maximum absolute atomic E-state index is 9.14. The van der Waals surface area contributed by atoms with E-state index >= 15 is 0 Å². The Morgan fingerprint density at radius 3 is 2.50 bits per heavy atom. The highest BCUT2D eigenvalue weighted by Crippen LogP contribution is 1.97. The third-order valence-corrected chi connectivity index (χ3v) is 1.52. The van der Waals surface area contributed by atoms with E-state index in [1.54, 1.807) is 0 Å². The number of aliphatic hydroxyl groups excluding tert-OH is 1. The zero-order valence-corrected chi connectivity index (χ0v) is 9.67. The summed E-state index contributed by atoms with van der Waals surface area (Å²) in [7, 11) is 0. The van der Waals surface area contributed by atoms with Gasteiger partial charge in [0.2, 0.25) is 0 Å². The zero-order valence-electron chi connectivity index (χ0n) is 9.67. The Balaban J connectivity index is 3.21. The summed E-state index contributed by atoms with van der Waals surface area (Å²) >= 11 is 0. The Bertz CT molecular complexity index is 134. The van der Waals surface area contributed by atoms with Crippen LogP contribution in [0.1, 0.15) is 27.7 Å². The fourth-order valence-electron chi connectivity index (χ4n) is 0.923. The normalized spacial score (nSPS) is 14.4. The van der Waals surface area contributed by atoms with Crippen LogP contribution in [0.3, 0.4) is 0 Å². The molecule has 1 atom stereocenters. The monoisotopic (exact) mass is 205 g/mol. The first kappa shape index (κ1) is 13.8. The van der Waals surface area contributed by atoms with Gasteiger partial charge in [-0.15, -0.1) is 0 Å². The van der Waals surface area contributed by atoms with E-state index in [1.165, 1.54) is 0 Å². The predicted octanol–water partition coefficient (Wildman–Crippen LogP) is 0.746. The second-order valence-corrected chi connectivity index (χ2v) is 4.16. The molecule has 0 heterocycles. The molecular formula is C10H23NO3. The van der Waals surface area contributed by atoms with Crippen molar-refractivity contribution < 1.29 is 14.6 Å². The van der Waals surface area contributed by atoms with Crippen LogP contribution in [0.15, 0.2) is 0 Å². The zero-order chi connectivity index (χ0) is 11.0. The lowest BCUT2D eigenvalue weighted by atomic mass is 10.1. The second kappa shape index (κ2) is 7.17. The quantitative estimate of drug-likeness (QED) is 0.475. The molecule has 0 radical (unpaired) electrons. The van der Waals surface area contributed by atoms with E-state index in [4.69, 9.17) is 14.6 Å². The lowest BCUT2D eigenvalue weighted by molar-refractivity contribution is -0.134. The smallest absolute Gasteiger partial charge is 0.178 e. The summed E-state index contributed by atoms with van der Waals surface area (Å²) in [5, 5.41) is 12.4. The molecule has 1 unspecified atom stereocenters. The van der Waals surface area contributed by atoms with E-state index in [1.807, 2.05) is 6.92 Å². The molecule has 0 amide bonds. The summed E-state index contributed by atoms with van der Waals surface area (Å²) < 4.78 is 10.1. The molecule has 0 aliphatic carbocycles. The standard InChI is InChI=1S/C10H23NO3/c1-5-14-9(12)8-13-7-6-11-10(2,3)4/h9,11-12H,5-8H2,1-4H3. The van der Waals surface area contributed by atoms with E-state index in [-0.39, 0.29) is 12.1 Å². The summed E-state index contributed by atoms with van der Waals surface area (Å²) in [6, 6.07) is 0. The van der Waals surface area contributed by atoms with Crippen molar-refractivity contribution >= 4 is 0 Å². The maximum atomic E-state index is 9.14. The minimum absolute atomic E-state index is 0.113. The fraction of sp³-hybridized carbons (Fsp3) is 1.00. The predicted molar refractivity (Wildman–Crippen MR) is 56.2 cm³/mol. The Morgan fingerprint density at radius 2 is 2.00 bits per heavy atom. The van der Waals surface area contributed by atoms with Crippen LogP contribution in [0.25, 0.3) is 0 Å². The average molecular weight is 205 g/mol. The summed E-state index contributed by atoms with van der Waals surface area (Å²) in [5.74, 6) is 0. The third kappa shape index (κ3) is 9.92. The Labute approximate surface area is 86.6 Å². The van der Waals surface area contributed by atoms with E-state index < -0.39 is 6.29 Å². The van der Waals surface area contributed by atoms with Gasteiger partial charge in [0.25, 0.3) is 0 Å². The molecule has 0 aliphatic heterocycles. The van der Waals surface area contributed by atoms with Gasteiger partial charge in [-0.25, -0.2) is 0 Å². The number of rotatable bonds is 7. The van der Waals surface area contributed by atoms with Crippen LogP contribution >= 0.6 is 0 Å². The topological polar surface area (TPSA) is 50.7 Å². The van der Waals surface area contributed by atoms with E-state index in [0.717, 1.165) is 6.54 Å². The second-order valence-electron chi connectivity index (χ2n) is 4.16. The molecule has 0 bridgehead atoms. The average Bonchev–Trinajstić information content (AvgIpc) is 2.02. The van der Waals surface area contributed by atoms with Crippen molar-refractivity contribution in [1.82, 2.24) is 5.32 Å². The Kier molecular flexibility index (Phi) is 7.09. The van der Waals surface area contributed by atoms with Gasteiger partial charge in [0.1, 0.15) is 0 Å². The fourth-order valence-corrected chi connectivity index (χ4v) is 0.923. The number of aliphatic hydroxyl groups is 1. The molecule has 0 spiro atoms. The van der Waals surface area contributed by atoms with E-state index in [0.29, 0.717) is 13.2 Å². The van der Waals surface area contributed by atoms with Gasteiger partial charge >= 0.3 is 0 Å². The lowest BCUT2D eigenvalue weighted by Crippen LogP contribution is -2.38. The van der Waals surface area contributed by atoms with Crippen molar-refractivity contribution in [3.8, 4) is 0 Å². The molecule has 0 saturated heterocycles. The first-order valence-electron chi connectivity index (χ1n) is 5.08. The van der Waals surface area contributed by atoms with Crippen molar-refractivity contribution in [3.05, 3.63) is 0 Å². The van der Waals surface area contributed by atoms with Crippen LogP contribution in [0.4, 0.5) is 0 Å². The molecule has 0 aromatic rings. The number of nitrogens with one attached hydrogen (secondary N) is 1. The Hall–Kier alpha value is -0.160. The van der Waals surface area contributed by atoms with Crippen LogP contribution in [0.5, 0.6) is 0 Å². The first-order chi connectivity index (χ1) is 6.45. The number of ether oxygens (including phenoxy) is 2. The van der Waals surface area contributed by atoms with Crippen LogP contribution < -0.4 is 5.32 Å². The summed E-state index contributed by atoms with van der Waals surface area (Å²) in [6.07, 6.45) is -0.797. The minimum Gasteiger partial charge on any atom is -0.375 e. The highest BCUT2D eigenvalue weighted by atomic mass is 16.6. The molecule has 14 heavy (non-hydrogen) atoms. The van der Waals surface area contributed by atoms with Crippen molar-refractivity contribution in [2.45, 2.75) is 39.5 Å². The van der Waals surface area contributed by atoms with Crippen LogP contribution in [0, 0.1) is 0 Å². The maximum Gasteiger partial charge on any atom is 0.178 e. The highest BCUT2D eigenvalue weighted by Gasteiger charge is 2.07. The van der Waals surface area contributed by atoms with Crippen molar-refractivity contribution in [2.75, 3.05) is 26.4 Å². The summed E-state index contributed by atoms with van der Waals surface area (Å²) in [6.45, 7) is 10.2. The van der Waals surface area contributed by atoms with Gasteiger partial charge in [-0.2, -0.15) is 0 Å². The van der Waals surface area contributed by atoms with E-state index in [9.17, 15) is 0 Å². The summed E-state index contributed by atoms with van der Waals surface area (Å²) in [4.78, 5) is 0. The van der Waals surface area contributed by atoms with Crippen molar-refractivity contribution in [3.63, 3.8) is 0 Å². The van der Waals surface area contributed by atoms with Gasteiger partial charge in [-0.1, -0.05) is 0 Å². The van der Waals surface area contributed by atoms with Crippen LogP contribution in [-0.2, 0) is 9.47 Å². The van der Waals surface area contributed by atoms with Gasteiger partial charge < -0.3 is 19.9 Å². The molecule has 86 valence electrons. The number of hydrogen-bond acceptors (Lipinski definition) is 4. The molecule has 0 rings (SSSR count). The van der Waals surface area contributed by atoms with Gasteiger partial charge in [-0.05, 0) is 27.7 Å². The molecule has 0 aromatic heterocycles. The molecular weight excluding hydrogens is 182 g/mol. The molecule has 4 nitrogen and oxygen atoms in total. The molecule has 0 aromatic carbocycles. The lowest BCUT2D eigenvalue weighted by Gasteiger charge is -2.20. The molecule has 4 heteroatoms. The minimum atomic E-state index is -0.797. The highest BCUT2D eigenvalue weighted by molar-refractivity contribution is 4.69. The van der Waals surface area contributed by atoms with Gasteiger partial charge in [0.15, 0.2) is 6.29 Å². The van der Waals surface area contributed by atoms with Gasteiger partial charge in [0, 0.05) is 18.7 Å². The third-order valence-electron chi connectivity index (χ3n) is 1.52.